The number of aliphatic hydroxyl groups is 6. The average Bonchev–Trinajstić information content (AvgIpc) is 3.55. The predicted molar refractivity (Wildman–Crippen MR) is 200 cm³/mol. The number of ether oxygens (including phenoxy) is 4. The van der Waals surface area contributed by atoms with Crippen LogP contribution in [0.25, 0.3) is 0 Å². The van der Waals surface area contributed by atoms with Crippen LogP contribution in [0.4, 0.5) is 0 Å². The molecule has 0 amide bonds. The summed E-state index contributed by atoms with van der Waals surface area (Å²) >= 11 is 5.83. The molecule has 5 saturated carbocycles. The van der Waals surface area contributed by atoms with Gasteiger partial charge in [0.1, 0.15) is 24.4 Å². The highest BCUT2D eigenvalue weighted by molar-refractivity contribution is 7.81. The van der Waals surface area contributed by atoms with Gasteiger partial charge in [-0.2, -0.15) is 12.6 Å². The number of rotatable bonds is 6. The molecule has 0 spiro atoms. The molecule has 5 aliphatic carbocycles. The van der Waals surface area contributed by atoms with Crippen LogP contribution in [0.1, 0.15) is 106 Å². The van der Waals surface area contributed by atoms with Crippen LogP contribution in [0.15, 0.2) is 12.7 Å². The van der Waals surface area contributed by atoms with E-state index in [0.717, 1.165) is 32.1 Å². The Kier molecular flexibility index (Phi) is 12.4. The normalized spacial score (nSPS) is 55.9. The molecule has 7 aliphatic rings. The molecule has 0 radical (unpaired) electrons. The first-order valence-corrected chi connectivity index (χ1v) is 20.8. The van der Waals surface area contributed by atoms with Crippen molar-refractivity contribution in [2.45, 2.75) is 166 Å². The van der Waals surface area contributed by atoms with Gasteiger partial charge in [0.2, 0.25) is 0 Å². The van der Waals surface area contributed by atoms with E-state index in [1.807, 2.05) is 6.92 Å². The molecule has 11 heteroatoms. The van der Waals surface area contributed by atoms with Crippen LogP contribution in [0, 0.1) is 57.7 Å². The van der Waals surface area contributed by atoms with Crippen LogP contribution >= 0.6 is 12.6 Å². The summed E-state index contributed by atoms with van der Waals surface area (Å²) in [6.07, 6.45) is 3.60. The average molecular weight is 755 g/mol. The van der Waals surface area contributed by atoms with Crippen molar-refractivity contribution in [3.8, 4) is 0 Å². The quantitative estimate of drug-likeness (QED) is 0.117. The fourth-order valence-corrected chi connectivity index (χ4v) is 14.2. The van der Waals surface area contributed by atoms with Crippen LogP contribution in [0.5, 0.6) is 0 Å². The Balaban J connectivity index is 0.00000150. The Morgan fingerprint density at radius 3 is 2.23 bits per heavy atom. The second-order valence-electron chi connectivity index (χ2n) is 18.6. The molecule has 20 unspecified atom stereocenters. The van der Waals surface area contributed by atoms with E-state index in [1.165, 1.54) is 32.1 Å². The van der Waals surface area contributed by atoms with Crippen LogP contribution in [0.3, 0.4) is 0 Å². The zero-order valence-corrected chi connectivity index (χ0v) is 33.4. The minimum Gasteiger partial charge on any atom is -0.396 e. The fraction of sp³-hybridized carbons (Fsp3) is 0.951. The molecule has 6 N–H and O–H groups in total. The van der Waals surface area contributed by atoms with Gasteiger partial charge in [-0.3, -0.25) is 0 Å². The molecule has 300 valence electrons. The maximum absolute atomic E-state index is 10.8. The number of hydrogen-bond acceptors (Lipinski definition) is 11. The molecular weight excluding hydrogens is 685 g/mol. The molecule has 52 heavy (non-hydrogen) atoms. The van der Waals surface area contributed by atoms with E-state index < -0.39 is 55.1 Å². The second-order valence-corrected chi connectivity index (χ2v) is 19.4. The van der Waals surface area contributed by atoms with Gasteiger partial charge in [-0.1, -0.05) is 40.2 Å². The number of hydrogen-bond donors (Lipinski definition) is 7. The maximum atomic E-state index is 10.8. The van der Waals surface area contributed by atoms with Crippen molar-refractivity contribution in [2.75, 3.05) is 19.8 Å². The zero-order valence-electron chi connectivity index (χ0n) is 32.5. The van der Waals surface area contributed by atoms with Crippen LogP contribution in [-0.4, -0.2) is 111 Å². The summed E-state index contributed by atoms with van der Waals surface area (Å²) in [5, 5.41) is 63.0. The molecule has 0 aromatic carbocycles. The van der Waals surface area contributed by atoms with Crippen molar-refractivity contribution in [2.24, 2.45) is 57.7 Å². The number of aliphatic hydroxyl groups excluding tert-OH is 6. The summed E-state index contributed by atoms with van der Waals surface area (Å²) in [6.45, 7) is 16.5. The monoisotopic (exact) mass is 754 g/mol. The Bertz CT molecular complexity index is 1240. The number of allylic oxidation sites excluding steroid dienone is 1. The lowest BCUT2D eigenvalue weighted by Crippen LogP contribution is -2.69. The van der Waals surface area contributed by atoms with Crippen LogP contribution in [0.2, 0.25) is 0 Å². The molecule has 2 aliphatic heterocycles. The first kappa shape index (κ1) is 41.3. The molecule has 2 heterocycles. The van der Waals surface area contributed by atoms with E-state index >= 15 is 0 Å². The molecule has 2 saturated heterocycles. The summed E-state index contributed by atoms with van der Waals surface area (Å²) in [7, 11) is 0. The molecule has 0 aromatic rings. The van der Waals surface area contributed by atoms with Crippen molar-refractivity contribution < 1.29 is 49.6 Å². The minimum absolute atomic E-state index is 0.0259. The largest absolute Gasteiger partial charge is 0.396 e. The Labute approximate surface area is 317 Å². The van der Waals surface area contributed by atoms with E-state index in [2.05, 4.69) is 34.3 Å². The van der Waals surface area contributed by atoms with Gasteiger partial charge in [0.05, 0.1) is 31.5 Å². The molecule has 0 aromatic heterocycles. The van der Waals surface area contributed by atoms with Gasteiger partial charge in [-0.05, 0) is 123 Å². The standard InChI is InChI=1S/C38H64O10S.C3H6/c1-19-15-27(47-34-32(22(16-39)26(41)17-45-34)48-33-31(44)30(43)29(42)21(3)46-33)20(2)23-10-12-38(49)28(36(19,23)5)9-8-24-25-7-6-11-37(25,18-40)14-13-35(24,38)4;1-3-2/h19-34,39-44,49H,6-18H2,1-5H3;3H,1H2,2H3. The smallest absolute Gasteiger partial charge is 0.187 e. The van der Waals surface area contributed by atoms with E-state index in [-0.39, 0.29) is 46.2 Å². The molecule has 0 bridgehead atoms. The van der Waals surface area contributed by atoms with E-state index in [4.69, 9.17) is 31.6 Å². The fourth-order valence-electron chi connectivity index (χ4n) is 13.4. The molecule has 7 rings (SSSR count). The third-order valence-electron chi connectivity index (χ3n) is 16.6. The van der Waals surface area contributed by atoms with Crippen LogP contribution in [-0.2, 0) is 18.9 Å². The van der Waals surface area contributed by atoms with E-state index in [9.17, 15) is 30.6 Å². The van der Waals surface area contributed by atoms with Crippen LogP contribution < -0.4 is 0 Å². The van der Waals surface area contributed by atoms with Gasteiger partial charge in [0.25, 0.3) is 0 Å². The first-order valence-electron chi connectivity index (χ1n) is 20.4. The van der Waals surface area contributed by atoms with E-state index in [0.29, 0.717) is 36.2 Å². The van der Waals surface area contributed by atoms with Crippen molar-refractivity contribution in [3.05, 3.63) is 12.7 Å². The van der Waals surface area contributed by atoms with Gasteiger partial charge in [0.15, 0.2) is 12.6 Å². The maximum Gasteiger partial charge on any atom is 0.187 e. The first-order chi connectivity index (χ1) is 24.6. The van der Waals surface area contributed by atoms with Gasteiger partial charge in [-0.25, -0.2) is 0 Å². The molecule has 7 fully saturated rings. The lowest BCUT2D eigenvalue weighted by Gasteiger charge is -2.72. The van der Waals surface area contributed by atoms with E-state index in [1.54, 1.807) is 13.0 Å². The SMILES string of the molecule is C=CC.CC1OC(OC2C(OC3CC(C)C4(C)C(CCC5(S)C4CCC4C6CCCC6(CO)CCC45C)C3C)OCC(O)C2CO)C(O)C(O)C1O. The zero-order chi connectivity index (χ0) is 38.0. The third-order valence-corrected chi connectivity index (χ3v) is 17.6. The van der Waals surface area contributed by atoms with Gasteiger partial charge in [-0.15, -0.1) is 6.58 Å². The Hall–Kier alpha value is -0.310. The van der Waals surface area contributed by atoms with Crippen molar-refractivity contribution in [3.63, 3.8) is 0 Å². The molecule has 20 atom stereocenters. The summed E-state index contributed by atoms with van der Waals surface area (Å²) in [6, 6.07) is 0. The molecule has 10 nitrogen and oxygen atoms in total. The second kappa shape index (κ2) is 15.6. The summed E-state index contributed by atoms with van der Waals surface area (Å²) < 4.78 is 24.8. The third kappa shape index (κ3) is 6.40. The Morgan fingerprint density at radius 2 is 1.56 bits per heavy atom. The topological polar surface area (TPSA) is 158 Å². The van der Waals surface area contributed by atoms with Crippen molar-refractivity contribution in [1.82, 2.24) is 0 Å². The minimum atomic E-state index is -1.53. The lowest BCUT2D eigenvalue weighted by molar-refractivity contribution is -0.358. The summed E-state index contributed by atoms with van der Waals surface area (Å²) in [5.74, 6) is 1.93. The highest BCUT2D eigenvalue weighted by atomic mass is 32.1. The van der Waals surface area contributed by atoms with Gasteiger partial charge < -0.3 is 49.6 Å². The lowest BCUT2D eigenvalue weighted by atomic mass is 9.36. The van der Waals surface area contributed by atoms with Crippen molar-refractivity contribution >= 4 is 12.6 Å². The highest BCUT2D eigenvalue weighted by Crippen LogP contribution is 2.75. The number of thiol groups is 1. The predicted octanol–water partition coefficient (Wildman–Crippen LogP) is 4.47. The summed E-state index contributed by atoms with van der Waals surface area (Å²) in [5.41, 5.74) is 0.340. The molecular formula is C41H70O10S. The van der Waals surface area contributed by atoms with Gasteiger partial charge in [0, 0.05) is 17.3 Å². The van der Waals surface area contributed by atoms with Gasteiger partial charge >= 0.3 is 0 Å². The Morgan fingerprint density at radius 1 is 0.846 bits per heavy atom. The highest BCUT2D eigenvalue weighted by Gasteiger charge is 2.70. The van der Waals surface area contributed by atoms with Crippen molar-refractivity contribution in [1.29, 1.82) is 0 Å². The summed E-state index contributed by atoms with van der Waals surface area (Å²) in [4.78, 5) is 0. The number of fused-ring (bicyclic) bond motifs is 7.